The lowest BCUT2D eigenvalue weighted by Crippen LogP contribution is -2.30. The molecule has 3 aromatic rings. The van der Waals surface area contributed by atoms with Gasteiger partial charge in [0.15, 0.2) is 11.5 Å². The van der Waals surface area contributed by atoms with Crippen LogP contribution in [0.3, 0.4) is 0 Å². The number of nitrogens with one attached hydrogen (secondary N) is 1. The van der Waals surface area contributed by atoms with Crippen molar-refractivity contribution in [2.45, 2.75) is 26.1 Å². The zero-order chi connectivity index (χ0) is 19.3. The number of hydrogen-bond acceptors (Lipinski definition) is 7. The second kappa shape index (κ2) is 7.95. The zero-order valence-electron chi connectivity index (χ0n) is 15.2. The molecule has 0 spiro atoms. The highest BCUT2D eigenvalue weighted by Crippen LogP contribution is 2.32. The van der Waals surface area contributed by atoms with Crippen molar-refractivity contribution in [1.82, 2.24) is 25.1 Å². The molecule has 0 saturated carbocycles. The van der Waals surface area contributed by atoms with Crippen molar-refractivity contribution in [1.29, 1.82) is 0 Å². The summed E-state index contributed by atoms with van der Waals surface area (Å²) in [7, 11) is 0. The number of carbonyl (C=O) groups is 1. The molecule has 0 fully saturated rings. The number of amides is 1. The van der Waals surface area contributed by atoms with Crippen LogP contribution in [0.4, 0.5) is 0 Å². The van der Waals surface area contributed by atoms with E-state index in [9.17, 15) is 4.79 Å². The third-order valence-corrected chi connectivity index (χ3v) is 4.30. The molecule has 0 bridgehead atoms. The second-order valence-corrected chi connectivity index (χ2v) is 6.25. The Hall–Kier alpha value is -3.62. The van der Waals surface area contributed by atoms with Gasteiger partial charge in [0.2, 0.25) is 18.6 Å². The molecule has 1 N–H and O–H groups in total. The van der Waals surface area contributed by atoms with Gasteiger partial charge in [-0.1, -0.05) is 6.07 Å². The van der Waals surface area contributed by atoms with Crippen LogP contribution in [0.5, 0.6) is 17.4 Å². The molecule has 9 heteroatoms. The molecule has 0 radical (unpaired) electrons. The lowest BCUT2D eigenvalue weighted by molar-refractivity contribution is -0.124. The highest BCUT2D eigenvalue weighted by atomic mass is 16.7. The fourth-order valence-corrected chi connectivity index (χ4v) is 2.70. The molecule has 1 atom stereocenters. The molecule has 28 heavy (non-hydrogen) atoms. The van der Waals surface area contributed by atoms with E-state index in [4.69, 9.17) is 14.2 Å². The predicted molar refractivity (Wildman–Crippen MR) is 97.7 cm³/mol. The Morgan fingerprint density at radius 3 is 3.00 bits per heavy atom. The van der Waals surface area contributed by atoms with Crippen molar-refractivity contribution >= 4 is 5.91 Å². The Balaban J connectivity index is 1.32. The molecule has 0 aliphatic carbocycles. The molecule has 0 saturated heterocycles. The molecule has 3 heterocycles. The third kappa shape index (κ3) is 4.03. The summed E-state index contributed by atoms with van der Waals surface area (Å²) < 4.78 is 17.9. The van der Waals surface area contributed by atoms with Crippen LogP contribution in [0.2, 0.25) is 0 Å². The van der Waals surface area contributed by atoms with Gasteiger partial charge in [0.05, 0.1) is 0 Å². The van der Waals surface area contributed by atoms with Gasteiger partial charge >= 0.3 is 0 Å². The fraction of sp³-hybridized carbons (Fsp3) is 0.263. The van der Waals surface area contributed by atoms with Crippen molar-refractivity contribution in [2.24, 2.45) is 0 Å². The number of aromatic nitrogens is 4. The standard InChI is InChI=1S/C19H19N5O4/c1-13(24-11-20-10-23-24)19(25)22-8-14-4-5-21-18(7-14)26-9-15-2-3-16-17(6-15)28-12-27-16/h2-7,10-11,13H,8-9,12H2,1H3,(H,22,25). The van der Waals surface area contributed by atoms with Gasteiger partial charge in [-0.2, -0.15) is 5.10 Å². The highest BCUT2D eigenvalue weighted by molar-refractivity contribution is 5.79. The number of benzene rings is 1. The lowest BCUT2D eigenvalue weighted by Gasteiger charge is -2.12. The summed E-state index contributed by atoms with van der Waals surface area (Å²) in [6.07, 6.45) is 4.56. The number of rotatable bonds is 7. The Bertz CT molecular complexity index is 961. The number of fused-ring (bicyclic) bond motifs is 1. The SMILES string of the molecule is CC(C(=O)NCc1ccnc(OCc2ccc3c(c2)OCO3)c1)n1cncn1. The smallest absolute Gasteiger partial charge is 0.244 e. The van der Waals surface area contributed by atoms with E-state index in [2.05, 4.69) is 20.4 Å². The van der Waals surface area contributed by atoms with Crippen LogP contribution in [0.1, 0.15) is 24.1 Å². The molecular formula is C19H19N5O4. The molecule has 1 amide bonds. The molecule has 9 nitrogen and oxygen atoms in total. The molecule has 1 unspecified atom stereocenters. The quantitative estimate of drug-likeness (QED) is 0.667. The number of carbonyl (C=O) groups excluding carboxylic acids is 1. The number of nitrogens with zero attached hydrogens (tertiary/aromatic N) is 4. The fourth-order valence-electron chi connectivity index (χ4n) is 2.70. The average molecular weight is 381 g/mol. The van der Waals surface area contributed by atoms with E-state index in [0.29, 0.717) is 24.8 Å². The maximum atomic E-state index is 12.2. The highest BCUT2D eigenvalue weighted by Gasteiger charge is 2.15. The first-order valence-electron chi connectivity index (χ1n) is 8.77. The number of ether oxygens (including phenoxy) is 3. The van der Waals surface area contributed by atoms with E-state index < -0.39 is 6.04 Å². The van der Waals surface area contributed by atoms with Crippen LogP contribution < -0.4 is 19.5 Å². The summed E-state index contributed by atoms with van der Waals surface area (Å²) in [5.74, 6) is 1.78. The first kappa shape index (κ1) is 17.8. The van der Waals surface area contributed by atoms with Crippen LogP contribution in [0.25, 0.3) is 0 Å². The minimum atomic E-state index is -0.439. The van der Waals surface area contributed by atoms with Crippen molar-refractivity contribution in [3.05, 3.63) is 60.3 Å². The van der Waals surface area contributed by atoms with Gasteiger partial charge in [-0.3, -0.25) is 4.79 Å². The van der Waals surface area contributed by atoms with E-state index in [1.54, 1.807) is 19.2 Å². The van der Waals surface area contributed by atoms with Gasteiger partial charge in [-0.15, -0.1) is 0 Å². The van der Waals surface area contributed by atoms with E-state index in [0.717, 1.165) is 16.9 Å². The molecule has 1 aromatic carbocycles. The molecule has 1 aliphatic rings. The maximum Gasteiger partial charge on any atom is 0.244 e. The normalized spacial score (nSPS) is 13.2. The Kier molecular flexibility index (Phi) is 5.05. The Morgan fingerprint density at radius 1 is 1.25 bits per heavy atom. The summed E-state index contributed by atoms with van der Waals surface area (Å²) in [4.78, 5) is 20.3. The Morgan fingerprint density at radius 2 is 2.14 bits per heavy atom. The first-order valence-corrected chi connectivity index (χ1v) is 8.77. The molecule has 2 aromatic heterocycles. The van der Waals surface area contributed by atoms with Crippen molar-refractivity contribution in [3.8, 4) is 17.4 Å². The summed E-state index contributed by atoms with van der Waals surface area (Å²) >= 11 is 0. The van der Waals surface area contributed by atoms with Gasteiger partial charge in [0, 0.05) is 18.8 Å². The first-order chi connectivity index (χ1) is 13.7. The number of pyridine rings is 1. The molecular weight excluding hydrogens is 362 g/mol. The summed E-state index contributed by atoms with van der Waals surface area (Å²) in [6.45, 7) is 2.71. The summed E-state index contributed by atoms with van der Waals surface area (Å²) in [5.41, 5.74) is 1.83. The molecule has 4 rings (SSSR count). The minimum absolute atomic E-state index is 0.148. The van der Waals surface area contributed by atoms with Crippen molar-refractivity contribution in [2.75, 3.05) is 6.79 Å². The number of hydrogen-bond donors (Lipinski definition) is 1. The average Bonchev–Trinajstić information content (AvgIpc) is 3.41. The predicted octanol–water partition coefficient (Wildman–Crippen LogP) is 1.86. The van der Waals surface area contributed by atoms with Crippen LogP contribution in [0, 0.1) is 0 Å². The monoisotopic (exact) mass is 381 g/mol. The van der Waals surface area contributed by atoms with Gasteiger partial charge in [0.1, 0.15) is 25.3 Å². The van der Waals surface area contributed by atoms with E-state index in [1.165, 1.54) is 17.3 Å². The van der Waals surface area contributed by atoms with E-state index >= 15 is 0 Å². The van der Waals surface area contributed by atoms with E-state index in [-0.39, 0.29) is 12.7 Å². The minimum Gasteiger partial charge on any atom is -0.473 e. The topological polar surface area (TPSA) is 100 Å². The molecule has 144 valence electrons. The second-order valence-electron chi connectivity index (χ2n) is 6.25. The van der Waals surface area contributed by atoms with Crippen molar-refractivity contribution < 1.29 is 19.0 Å². The summed E-state index contributed by atoms with van der Waals surface area (Å²) in [5, 5.41) is 6.85. The van der Waals surface area contributed by atoms with Crippen LogP contribution in [-0.4, -0.2) is 32.4 Å². The summed E-state index contributed by atoms with van der Waals surface area (Å²) in [6, 6.07) is 8.85. The lowest BCUT2D eigenvalue weighted by atomic mass is 10.2. The van der Waals surface area contributed by atoms with Gasteiger partial charge in [-0.25, -0.2) is 14.6 Å². The third-order valence-electron chi connectivity index (χ3n) is 4.30. The molecule has 1 aliphatic heterocycles. The van der Waals surface area contributed by atoms with Crippen LogP contribution in [0.15, 0.2) is 49.2 Å². The largest absolute Gasteiger partial charge is 0.473 e. The van der Waals surface area contributed by atoms with Crippen LogP contribution >= 0.6 is 0 Å². The Labute approximate surface area is 161 Å². The van der Waals surface area contributed by atoms with Crippen molar-refractivity contribution in [3.63, 3.8) is 0 Å². The van der Waals surface area contributed by atoms with Gasteiger partial charge < -0.3 is 19.5 Å². The van der Waals surface area contributed by atoms with E-state index in [1.807, 2.05) is 24.3 Å². The van der Waals surface area contributed by atoms with Gasteiger partial charge in [0.25, 0.3) is 0 Å². The van der Waals surface area contributed by atoms with Crippen LogP contribution in [-0.2, 0) is 17.9 Å². The van der Waals surface area contributed by atoms with Gasteiger partial charge in [-0.05, 0) is 36.2 Å². The maximum absolute atomic E-state index is 12.2. The zero-order valence-corrected chi connectivity index (χ0v) is 15.2.